The molecule has 0 radical (unpaired) electrons. The monoisotopic (exact) mass is 287 g/mol. The van der Waals surface area contributed by atoms with Crippen LogP contribution in [0, 0.1) is 11.2 Å². The third kappa shape index (κ3) is 4.04. The highest BCUT2D eigenvalue weighted by atomic mass is 19.1. The number of hydrogen-bond acceptors (Lipinski definition) is 1. The van der Waals surface area contributed by atoms with Crippen molar-refractivity contribution >= 4 is 10.8 Å². The second kappa shape index (κ2) is 6.57. The Hall–Kier alpha value is -1.41. The minimum Gasteiger partial charge on any atom is -0.310 e. The van der Waals surface area contributed by atoms with Gasteiger partial charge in [-0.05, 0) is 41.8 Å². The van der Waals surface area contributed by atoms with E-state index in [2.05, 4.69) is 33.0 Å². The van der Waals surface area contributed by atoms with Crippen LogP contribution in [-0.2, 0) is 0 Å². The highest BCUT2D eigenvalue weighted by molar-refractivity contribution is 5.86. The van der Waals surface area contributed by atoms with Crippen molar-refractivity contribution in [3.05, 3.63) is 47.8 Å². The summed E-state index contributed by atoms with van der Waals surface area (Å²) in [4.78, 5) is 0. The zero-order valence-electron chi connectivity index (χ0n) is 13.5. The molecule has 0 amide bonds. The van der Waals surface area contributed by atoms with E-state index in [0.29, 0.717) is 10.8 Å². The van der Waals surface area contributed by atoms with Crippen molar-refractivity contribution in [3.63, 3.8) is 0 Å². The molecule has 1 atom stereocenters. The van der Waals surface area contributed by atoms with Crippen LogP contribution >= 0.6 is 0 Å². The lowest BCUT2D eigenvalue weighted by Gasteiger charge is -2.25. The van der Waals surface area contributed by atoms with Crippen LogP contribution in [0.4, 0.5) is 4.39 Å². The van der Waals surface area contributed by atoms with E-state index in [-0.39, 0.29) is 11.9 Å². The molecule has 21 heavy (non-hydrogen) atoms. The lowest BCUT2D eigenvalue weighted by molar-refractivity contribution is 0.334. The molecule has 0 fully saturated rings. The van der Waals surface area contributed by atoms with E-state index in [9.17, 15) is 4.39 Å². The molecule has 0 heterocycles. The van der Waals surface area contributed by atoms with Crippen molar-refractivity contribution in [3.8, 4) is 0 Å². The first-order valence-corrected chi connectivity index (χ1v) is 7.83. The maximum Gasteiger partial charge on any atom is 0.131 e. The van der Waals surface area contributed by atoms with Crippen molar-refractivity contribution in [1.82, 2.24) is 5.32 Å². The zero-order valence-corrected chi connectivity index (χ0v) is 13.5. The highest BCUT2D eigenvalue weighted by Gasteiger charge is 2.18. The summed E-state index contributed by atoms with van der Waals surface area (Å²) >= 11 is 0. The topological polar surface area (TPSA) is 12.0 Å². The first kappa shape index (κ1) is 16.0. The van der Waals surface area contributed by atoms with Crippen molar-refractivity contribution in [1.29, 1.82) is 0 Å². The van der Waals surface area contributed by atoms with E-state index >= 15 is 0 Å². The van der Waals surface area contributed by atoms with E-state index in [1.807, 2.05) is 30.3 Å². The fraction of sp³-hybridized carbons (Fsp3) is 0.474. The van der Waals surface area contributed by atoms with Crippen LogP contribution in [0.5, 0.6) is 0 Å². The summed E-state index contributed by atoms with van der Waals surface area (Å²) in [5.41, 5.74) is 1.52. The molecule has 0 aliphatic carbocycles. The predicted molar refractivity (Wildman–Crippen MR) is 89.0 cm³/mol. The molecule has 2 aromatic rings. The summed E-state index contributed by atoms with van der Waals surface area (Å²) in [6.07, 6.45) is 2.20. The lowest BCUT2D eigenvalue weighted by Crippen LogP contribution is -2.23. The second-order valence-electron chi connectivity index (χ2n) is 6.89. The Balaban J connectivity index is 2.38. The lowest BCUT2D eigenvalue weighted by atomic mass is 9.86. The van der Waals surface area contributed by atoms with Gasteiger partial charge in [0.05, 0.1) is 0 Å². The Morgan fingerprint density at radius 3 is 2.33 bits per heavy atom. The van der Waals surface area contributed by atoms with Gasteiger partial charge in [0.25, 0.3) is 0 Å². The van der Waals surface area contributed by atoms with Gasteiger partial charge in [-0.2, -0.15) is 0 Å². The maximum absolute atomic E-state index is 14.0. The second-order valence-corrected chi connectivity index (χ2v) is 6.89. The van der Waals surface area contributed by atoms with Crippen LogP contribution in [0.25, 0.3) is 10.8 Å². The van der Waals surface area contributed by atoms with Crippen molar-refractivity contribution in [2.24, 2.45) is 5.41 Å². The minimum absolute atomic E-state index is 0.139. The first-order valence-electron chi connectivity index (χ1n) is 7.83. The molecule has 0 saturated carbocycles. The summed E-state index contributed by atoms with van der Waals surface area (Å²) in [7, 11) is 0. The van der Waals surface area contributed by atoms with Gasteiger partial charge in [-0.15, -0.1) is 0 Å². The summed E-state index contributed by atoms with van der Waals surface area (Å²) in [5, 5.41) is 5.30. The van der Waals surface area contributed by atoms with E-state index in [0.717, 1.165) is 24.8 Å². The molecule has 0 aliphatic rings. The highest BCUT2D eigenvalue weighted by Crippen LogP contribution is 2.32. The van der Waals surface area contributed by atoms with E-state index in [1.165, 1.54) is 5.56 Å². The summed E-state index contributed by atoms with van der Waals surface area (Å²) < 4.78 is 14.0. The third-order valence-electron chi connectivity index (χ3n) is 3.91. The molecule has 0 spiro atoms. The number of nitrogens with one attached hydrogen (secondary N) is 1. The third-order valence-corrected chi connectivity index (χ3v) is 3.91. The van der Waals surface area contributed by atoms with E-state index in [1.54, 1.807) is 6.07 Å². The van der Waals surface area contributed by atoms with Gasteiger partial charge in [0.1, 0.15) is 5.82 Å². The van der Waals surface area contributed by atoms with Gasteiger partial charge in [0.2, 0.25) is 0 Å². The van der Waals surface area contributed by atoms with Gasteiger partial charge in [-0.25, -0.2) is 4.39 Å². The fourth-order valence-electron chi connectivity index (χ4n) is 2.78. The van der Waals surface area contributed by atoms with Crippen LogP contribution in [0.2, 0.25) is 0 Å². The predicted octanol–water partition coefficient (Wildman–Crippen LogP) is 5.46. The molecule has 2 heteroatoms. The Morgan fingerprint density at radius 1 is 1.05 bits per heavy atom. The molecule has 114 valence electrons. The molecule has 0 bridgehead atoms. The average Bonchev–Trinajstić information content (AvgIpc) is 2.44. The number of rotatable bonds is 5. The standard InChI is InChI=1S/C19H26FN/c1-5-21-18(12-13-19(2,3)4)16-10-11-17(20)15-9-7-6-8-14(15)16/h6-11,18,21H,5,12-13H2,1-4H3. The van der Waals surface area contributed by atoms with E-state index < -0.39 is 0 Å². The van der Waals surface area contributed by atoms with Crippen LogP contribution in [-0.4, -0.2) is 6.54 Å². The van der Waals surface area contributed by atoms with Crippen LogP contribution in [0.15, 0.2) is 36.4 Å². The molecule has 0 saturated heterocycles. The van der Waals surface area contributed by atoms with Crippen molar-refractivity contribution < 1.29 is 4.39 Å². The van der Waals surface area contributed by atoms with Crippen LogP contribution < -0.4 is 5.32 Å². The molecule has 1 nitrogen and oxygen atoms in total. The summed E-state index contributed by atoms with van der Waals surface area (Å²) in [6, 6.07) is 11.6. The van der Waals surface area contributed by atoms with Crippen molar-refractivity contribution in [2.75, 3.05) is 6.54 Å². The Kier molecular flexibility index (Phi) is 5.00. The van der Waals surface area contributed by atoms with Gasteiger partial charge >= 0.3 is 0 Å². The number of hydrogen-bond donors (Lipinski definition) is 1. The van der Waals surface area contributed by atoms with Crippen molar-refractivity contribution in [2.45, 2.75) is 46.6 Å². The molecule has 2 aromatic carbocycles. The normalized spacial score (nSPS) is 13.6. The SMILES string of the molecule is CCNC(CCC(C)(C)C)c1ccc(F)c2ccccc12. The van der Waals surface area contributed by atoms with Gasteiger partial charge in [0.15, 0.2) is 0 Å². The molecule has 1 unspecified atom stereocenters. The molecule has 2 rings (SSSR count). The van der Waals surface area contributed by atoms with Crippen LogP contribution in [0.3, 0.4) is 0 Å². The molecule has 0 aliphatic heterocycles. The largest absolute Gasteiger partial charge is 0.310 e. The molecule has 1 N–H and O–H groups in total. The fourth-order valence-corrected chi connectivity index (χ4v) is 2.78. The summed E-state index contributed by atoms with van der Waals surface area (Å²) in [5.74, 6) is -0.139. The number of fused-ring (bicyclic) bond motifs is 1. The van der Waals surface area contributed by atoms with E-state index in [4.69, 9.17) is 0 Å². The van der Waals surface area contributed by atoms with Gasteiger partial charge in [-0.3, -0.25) is 0 Å². The Bertz CT molecular complexity index is 598. The number of halogens is 1. The maximum atomic E-state index is 14.0. The van der Waals surface area contributed by atoms with Gasteiger partial charge in [0, 0.05) is 11.4 Å². The molecular formula is C19H26FN. The van der Waals surface area contributed by atoms with Gasteiger partial charge < -0.3 is 5.32 Å². The number of benzene rings is 2. The molecule has 0 aromatic heterocycles. The smallest absolute Gasteiger partial charge is 0.131 e. The molecular weight excluding hydrogens is 261 g/mol. The average molecular weight is 287 g/mol. The van der Waals surface area contributed by atoms with Crippen LogP contribution in [0.1, 0.15) is 52.1 Å². The van der Waals surface area contributed by atoms with Gasteiger partial charge in [-0.1, -0.05) is 58.0 Å². The Labute approximate surface area is 127 Å². The zero-order chi connectivity index (χ0) is 15.5. The quantitative estimate of drug-likeness (QED) is 0.770. The summed E-state index contributed by atoms with van der Waals surface area (Å²) in [6.45, 7) is 9.83. The first-order chi connectivity index (χ1) is 9.92. The minimum atomic E-state index is -0.139. The Morgan fingerprint density at radius 2 is 1.71 bits per heavy atom.